The number of hydrogen-bond acceptors (Lipinski definition) is 6. The second-order valence-corrected chi connectivity index (χ2v) is 7.30. The van der Waals surface area contributed by atoms with Crippen LogP contribution in [0, 0.1) is 0 Å². The van der Waals surface area contributed by atoms with E-state index in [4.69, 9.17) is 0 Å². The first kappa shape index (κ1) is 19.2. The van der Waals surface area contributed by atoms with Crippen molar-refractivity contribution in [2.24, 2.45) is 5.16 Å². The summed E-state index contributed by atoms with van der Waals surface area (Å²) in [4.78, 5) is 33.5. The van der Waals surface area contributed by atoms with Crippen LogP contribution < -0.4 is 4.90 Å². The van der Waals surface area contributed by atoms with Crippen LogP contribution in [0.25, 0.3) is 6.08 Å². The SMILES string of the molecule is CN(C)C(=O)N1CCN(c2ccc(C=C3C(=O)ON=C3C(F)(F)F)s2)CC1. The first-order valence-electron chi connectivity index (χ1n) is 8.06. The van der Waals surface area contributed by atoms with Crippen molar-refractivity contribution in [3.63, 3.8) is 0 Å². The molecule has 0 aromatic carbocycles. The van der Waals surface area contributed by atoms with Gasteiger partial charge in [0.05, 0.1) is 10.6 Å². The number of carbonyl (C=O) groups excluding carboxylic acids is 2. The normalized spacial score (nSPS) is 19.4. The fourth-order valence-corrected chi connectivity index (χ4v) is 3.75. The van der Waals surface area contributed by atoms with E-state index in [0.29, 0.717) is 31.1 Å². The van der Waals surface area contributed by atoms with Gasteiger partial charge < -0.3 is 19.5 Å². The number of carbonyl (C=O) groups is 2. The minimum Gasteiger partial charge on any atom is -0.360 e. The molecule has 0 atom stereocenters. The molecule has 0 spiro atoms. The van der Waals surface area contributed by atoms with Crippen molar-refractivity contribution < 1.29 is 27.6 Å². The van der Waals surface area contributed by atoms with Gasteiger partial charge in [-0.1, -0.05) is 5.16 Å². The van der Waals surface area contributed by atoms with Crippen molar-refractivity contribution in [3.8, 4) is 0 Å². The summed E-state index contributed by atoms with van der Waals surface area (Å²) in [5.74, 6) is -1.12. The van der Waals surface area contributed by atoms with Crippen molar-refractivity contribution in [1.29, 1.82) is 0 Å². The Morgan fingerprint density at radius 3 is 2.52 bits per heavy atom. The zero-order valence-corrected chi connectivity index (χ0v) is 15.4. The van der Waals surface area contributed by atoms with E-state index in [9.17, 15) is 22.8 Å². The first-order valence-corrected chi connectivity index (χ1v) is 8.88. The van der Waals surface area contributed by atoms with Crippen LogP contribution in [0.1, 0.15) is 4.88 Å². The molecule has 3 heterocycles. The quantitative estimate of drug-likeness (QED) is 0.563. The van der Waals surface area contributed by atoms with E-state index >= 15 is 0 Å². The standard InChI is InChI=1S/C16H17F3N4O3S/c1-21(2)15(25)23-7-5-22(6-8-23)12-4-3-10(27-12)9-11-13(16(17,18)19)20-26-14(11)24/h3-4,9H,5-8H2,1-2H3. The lowest BCUT2D eigenvalue weighted by atomic mass is 10.1. The van der Waals surface area contributed by atoms with Crippen LogP contribution in [-0.4, -0.2) is 74.0 Å². The molecule has 146 valence electrons. The number of hydrogen-bond donors (Lipinski definition) is 0. The summed E-state index contributed by atoms with van der Waals surface area (Å²) in [6.45, 7) is 2.35. The molecule has 0 unspecified atom stereocenters. The molecule has 11 heteroatoms. The van der Waals surface area contributed by atoms with Crippen LogP contribution in [-0.2, 0) is 9.63 Å². The molecule has 0 radical (unpaired) electrons. The summed E-state index contributed by atoms with van der Waals surface area (Å²) in [7, 11) is 3.39. The molecule has 3 rings (SSSR count). The predicted molar refractivity (Wildman–Crippen MR) is 94.7 cm³/mol. The molecule has 2 aliphatic heterocycles. The third-order valence-corrected chi connectivity index (χ3v) is 5.20. The monoisotopic (exact) mass is 402 g/mol. The average Bonchev–Trinajstić information content (AvgIpc) is 3.22. The Morgan fingerprint density at radius 2 is 1.93 bits per heavy atom. The zero-order chi connectivity index (χ0) is 19.8. The summed E-state index contributed by atoms with van der Waals surface area (Å²) >= 11 is 1.26. The van der Waals surface area contributed by atoms with E-state index in [-0.39, 0.29) is 6.03 Å². The summed E-state index contributed by atoms with van der Waals surface area (Å²) in [6.07, 6.45) is -3.62. The number of urea groups is 1. The van der Waals surface area contributed by atoms with Crippen LogP contribution in [0.5, 0.6) is 0 Å². The third-order valence-electron chi connectivity index (χ3n) is 4.11. The topological polar surface area (TPSA) is 65.5 Å². The number of rotatable bonds is 2. The van der Waals surface area contributed by atoms with Gasteiger partial charge in [0.15, 0.2) is 5.71 Å². The Hall–Kier alpha value is -2.56. The lowest BCUT2D eigenvalue weighted by molar-refractivity contribution is -0.136. The molecule has 0 saturated carbocycles. The van der Waals surface area contributed by atoms with Gasteiger partial charge in [0, 0.05) is 45.2 Å². The second-order valence-electron chi connectivity index (χ2n) is 6.20. The number of piperazine rings is 1. The Kier molecular flexibility index (Phi) is 5.13. The fraction of sp³-hybridized carbons (Fsp3) is 0.438. The first-order chi connectivity index (χ1) is 12.7. The zero-order valence-electron chi connectivity index (χ0n) is 14.6. The smallest absolute Gasteiger partial charge is 0.360 e. The van der Waals surface area contributed by atoms with Crippen LogP contribution >= 0.6 is 11.3 Å². The van der Waals surface area contributed by atoms with Gasteiger partial charge in [-0.3, -0.25) is 0 Å². The summed E-state index contributed by atoms with van der Waals surface area (Å²) in [5.41, 5.74) is -1.92. The summed E-state index contributed by atoms with van der Waals surface area (Å²) in [5, 5.41) is 3.68. The molecule has 0 bridgehead atoms. The van der Waals surface area contributed by atoms with E-state index < -0.39 is 23.4 Å². The van der Waals surface area contributed by atoms with Gasteiger partial charge in [-0.25, -0.2) is 9.59 Å². The molecule has 1 saturated heterocycles. The number of anilines is 1. The fourth-order valence-electron chi connectivity index (χ4n) is 2.75. The van der Waals surface area contributed by atoms with Crippen molar-refractivity contribution >= 4 is 40.1 Å². The maximum Gasteiger partial charge on any atom is 0.437 e. The van der Waals surface area contributed by atoms with Gasteiger partial charge in [-0.2, -0.15) is 13.2 Å². The van der Waals surface area contributed by atoms with Gasteiger partial charge in [0.1, 0.15) is 0 Å². The highest BCUT2D eigenvalue weighted by Crippen LogP contribution is 2.32. The van der Waals surface area contributed by atoms with Gasteiger partial charge in [0.25, 0.3) is 0 Å². The lowest BCUT2D eigenvalue weighted by Gasteiger charge is -2.36. The molecule has 2 amide bonds. The Balaban J connectivity index is 1.70. The van der Waals surface area contributed by atoms with E-state index in [1.54, 1.807) is 31.1 Å². The average molecular weight is 402 g/mol. The molecule has 0 N–H and O–H groups in total. The number of alkyl halides is 3. The molecule has 27 heavy (non-hydrogen) atoms. The van der Waals surface area contributed by atoms with Crippen LogP contribution in [0.4, 0.5) is 23.0 Å². The lowest BCUT2D eigenvalue weighted by Crippen LogP contribution is -2.51. The molecule has 1 aromatic heterocycles. The maximum atomic E-state index is 12.9. The largest absolute Gasteiger partial charge is 0.437 e. The number of amides is 2. The molecule has 0 aliphatic carbocycles. The van der Waals surface area contributed by atoms with Gasteiger partial charge in [-0.05, 0) is 18.2 Å². The Bertz CT molecular complexity index is 808. The molecule has 2 aliphatic rings. The van der Waals surface area contributed by atoms with E-state index in [0.717, 1.165) is 11.1 Å². The van der Waals surface area contributed by atoms with E-state index in [1.165, 1.54) is 16.2 Å². The van der Waals surface area contributed by atoms with Crippen molar-refractivity contribution in [2.45, 2.75) is 6.18 Å². The highest BCUT2D eigenvalue weighted by molar-refractivity contribution is 7.17. The number of thiophene rings is 1. The highest BCUT2D eigenvalue weighted by atomic mass is 32.1. The number of oxime groups is 1. The molecule has 1 aromatic rings. The Labute approximate surface area is 157 Å². The Morgan fingerprint density at radius 1 is 1.26 bits per heavy atom. The molecule has 1 fully saturated rings. The number of nitrogens with zero attached hydrogens (tertiary/aromatic N) is 4. The predicted octanol–water partition coefficient (Wildman–Crippen LogP) is 2.41. The van der Waals surface area contributed by atoms with Crippen LogP contribution in [0.3, 0.4) is 0 Å². The minimum absolute atomic E-state index is 0.0510. The van der Waals surface area contributed by atoms with E-state index in [2.05, 4.69) is 14.9 Å². The van der Waals surface area contributed by atoms with Crippen molar-refractivity contribution in [3.05, 3.63) is 22.6 Å². The van der Waals surface area contributed by atoms with Gasteiger partial charge in [-0.15, -0.1) is 11.3 Å². The minimum atomic E-state index is -4.76. The second kappa shape index (κ2) is 7.22. The summed E-state index contributed by atoms with van der Waals surface area (Å²) in [6, 6.07) is 3.37. The molecular formula is C16H17F3N4O3S. The van der Waals surface area contributed by atoms with Crippen molar-refractivity contribution in [2.75, 3.05) is 45.2 Å². The maximum absolute atomic E-state index is 12.9. The molecule has 7 nitrogen and oxygen atoms in total. The van der Waals surface area contributed by atoms with Crippen LogP contribution in [0.15, 0.2) is 22.9 Å². The van der Waals surface area contributed by atoms with Crippen LogP contribution in [0.2, 0.25) is 0 Å². The van der Waals surface area contributed by atoms with Gasteiger partial charge in [0.2, 0.25) is 0 Å². The molecular weight excluding hydrogens is 385 g/mol. The highest BCUT2D eigenvalue weighted by Gasteiger charge is 2.45. The van der Waals surface area contributed by atoms with Gasteiger partial charge >= 0.3 is 18.2 Å². The third kappa shape index (κ3) is 4.07. The number of halogens is 3. The van der Waals surface area contributed by atoms with Crippen molar-refractivity contribution in [1.82, 2.24) is 9.80 Å². The van der Waals surface area contributed by atoms with E-state index in [1.807, 2.05) is 0 Å². The summed E-state index contributed by atoms with van der Waals surface area (Å²) < 4.78 is 38.7.